The number of nitrogens with two attached hydrogens (primary N) is 1. The molecule has 8 atom stereocenters. The molecule has 8 unspecified atom stereocenters. The summed E-state index contributed by atoms with van der Waals surface area (Å²) in [5.41, 5.74) is 6.69. The van der Waals surface area contributed by atoms with Gasteiger partial charge in [-0.1, -0.05) is 0 Å². The van der Waals surface area contributed by atoms with Crippen LogP contribution in [0.5, 0.6) is 0 Å². The number of hydrogen-bond donors (Lipinski definition) is 3. The topological polar surface area (TPSA) is 109 Å². The molecule has 9 nitrogen and oxygen atoms in total. The van der Waals surface area contributed by atoms with E-state index in [4.69, 9.17) is 15.2 Å². The van der Waals surface area contributed by atoms with Crippen molar-refractivity contribution < 1.29 is 19.1 Å². The Morgan fingerprint density at radius 2 is 1.94 bits per heavy atom. The molecule has 0 spiro atoms. The first-order valence-corrected chi connectivity index (χ1v) is 12.3. The van der Waals surface area contributed by atoms with Crippen molar-refractivity contribution in [3.63, 3.8) is 0 Å². The van der Waals surface area contributed by atoms with Crippen molar-refractivity contribution in [1.29, 1.82) is 0 Å². The molecule has 1 aliphatic carbocycles. The third-order valence-electron chi connectivity index (χ3n) is 8.33. The van der Waals surface area contributed by atoms with Crippen LogP contribution in [0, 0.1) is 17.8 Å². The monoisotopic (exact) mass is 451 g/mol. The van der Waals surface area contributed by atoms with Crippen molar-refractivity contribution in [2.75, 3.05) is 34.4 Å². The lowest BCUT2D eigenvalue weighted by Gasteiger charge is -2.55. The van der Waals surface area contributed by atoms with Crippen LogP contribution >= 0.6 is 0 Å². The highest BCUT2D eigenvalue weighted by molar-refractivity contribution is 5.84. The number of nitrogens with zero attached hydrogens (tertiary/aromatic N) is 2. The minimum absolute atomic E-state index is 0.0745. The number of hydrogen-bond acceptors (Lipinski definition) is 7. The Kier molecular flexibility index (Phi) is 7.72. The van der Waals surface area contributed by atoms with Gasteiger partial charge in [0.15, 0.2) is 0 Å². The van der Waals surface area contributed by atoms with E-state index in [0.29, 0.717) is 12.3 Å². The van der Waals surface area contributed by atoms with Gasteiger partial charge in [-0.3, -0.25) is 19.8 Å². The molecule has 0 aromatic rings. The summed E-state index contributed by atoms with van der Waals surface area (Å²) in [5, 5.41) is 6.51. The number of piperidine rings is 2. The molecule has 1 saturated carbocycles. The van der Waals surface area contributed by atoms with Gasteiger partial charge in [-0.2, -0.15) is 0 Å². The van der Waals surface area contributed by atoms with Gasteiger partial charge in [0.25, 0.3) is 0 Å². The van der Waals surface area contributed by atoms with Crippen LogP contribution in [-0.4, -0.2) is 86.7 Å². The van der Waals surface area contributed by atoms with Gasteiger partial charge < -0.3 is 25.4 Å². The third-order valence-corrected chi connectivity index (χ3v) is 8.33. The van der Waals surface area contributed by atoms with E-state index in [9.17, 15) is 9.59 Å². The molecular formula is C23H41N5O4. The van der Waals surface area contributed by atoms with Crippen LogP contribution in [0.4, 0.5) is 0 Å². The lowest BCUT2D eigenvalue weighted by Crippen LogP contribution is -2.74. The zero-order valence-electron chi connectivity index (χ0n) is 19.8. The second-order valence-corrected chi connectivity index (χ2v) is 9.96. The second-order valence-electron chi connectivity index (χ2n) is 9.96. The number of rotatable bonds is 6. The summed E-state index contributed by atoms with van der Waals surface area (Å²) in [7, 11) is 5.15. The molecule has 4 fully saturated rings. The average Bonchev–Trinajstić information content (AvgIpc) is 2.82. The van der Waals surface area contributed by atoms with E-state index in [2.05, 4.69) is 15.5 Å². The Balaban J connectivity index is 1.49. The molecule has 0 aromatic heterocycles. The van der Waals surface area contributed by atoms with Crippen LogP contribution < -0.4 is 16.4 Å². The average molecular weight is 452 g/mol. The maximum Gasteiger partial charge on any atom is 0.229 e. The van der Waals surface area contributed by atoms with Gasteiger partial charge in [0.1, 0.15) is 0 Å². The highest BCUT2D eigenvalue weighted by atomic mass is 16.5. The predicted molar refractivity (Wildman–Crippen MR) is 120 cm³/mol. The minimum atomic E-state index is -0.403. The largest absolute Gasteiger partial charge is 0.379 e. The van der Waals surface area contributed by atoms with Crippen LogP contribution in [0.3, 0.4) is 0 Å². The highest BCUT2D eigenvalue weighted by Gasteiger charge is 2.52. The smallest absolute Gasteiger partial charge is 0.229 e. The first kappa shape index (κ1) is 23.9. The number of nitrogens with one attached hydrogen (secondary N) is 2. The first-order chi connectivity index (χ1) is 15.5. The van der Waals surface area contributed by atoms with Crippen molar-refractivity contribution in [3.8, 4) is 0 Å². The Bertz CT molecular complexity index is 679. The van der Waals surface area contributed by atoms with E-state index >= 15 is 0 Å². The lowest BCUT2D eigenvalue weighted by atomic mass is 9.79. The lowest BCUT2D eigenvalue weighted by molar-refractivity contribution is -0.162. The van der Waals surface area contributed by atoms with Gasteiger partial charge in [0, 0.05) is 34.4 Å². The number of methoxy groups -OCH3 is 2. The normalized spacial score (nSPS) is 40.5. The van der Waals surface area contributed by atoms with Gasteiger partial charge in [-0.05, 0) is 57.3 Å². The summed E-state index contributed by atoms with van der Waals surface area (Å²) in [5.74, 6) is 0.00779. The Labute approximate surface area is 191 Å². The van der Waals surface area contributed by atoms with E-state index in [1.54, 1.807) is 21.3 Å². The number of carbonyl (C=O) groups excluding carboxylic acids is 2. The standard InChI is InChI=1S/C23H41N5O4/c1-25-22(29)15-13-16-21(26-19-6-4-5-10-27(19)23(16)30)28(20(15)24)11-9-14-7-8-17(31-2)18(12-14)32-3/h14-21,26H,4-13,24H2,1-3H3,(H,25,29). The molecule has 4 N–H and O–H groups in total. The number of amides is 2. The molecule has 9 heteroatoms. The fourth-order valence-electron chi connectivity index (χ4n) is 6.45. The van der Waals surface area contributed by atoms with Crippen molar-refractivity contribution in [2.24, 2.45) is 23.5 Å². The maximum atomic E-state index is 13.4. The van der Waals surface area contributed by atoms with Crippen LogP contribution in [0.25, 0.3) is 0 Å². The zero-order chi connectivity index (χ0) is 22.8. The summed E-state index contributed by atoms with van der Waals surface area (Å²) in [6, 6.07) is 0. The Morgan fingerprint density at radius 3 is 2.66 bits per heavy atom. The molecule has 32 heavy (non-hydrogen) atoms. The third kappa shape index (κ3) is 4.55. The van der Waals surface area contributed by atoms with Gasteiger partial charge in [-0.25, -0.2) is 0 Å². The van der Waals surface area contributed by atoms with Crippen LogP contribution in [-0.2, 0) is 19.1 Å². The van der Waals surface area contributed by atoms with Crippen molar-refractivity contribution in [1.82, 2.24) is 20.4 Å². The molecule has 182 valence electrons. The van der Waals surface area contributed by atoms with Crippen molar-refractivity contribution in [2.45, 2.75) is 82.1 Å². The Hall–Kier alpha value is -1.26. The van der Waals surface area contributed by atoms with Gasteiger partial charge >= 0.3 is 0 Å². The zero-order valence-corrected chi connectivity index (χ0v) is 19.8. The molecule has 0 radical (unpaired) electrons. The SMILES string of the molecule is CNC(=O)C1CC2C(=O)N3CCCCC3NC2N(CCC2CCC(OC)C(OC)C2)C1N. The first-order valence-electron chi connectivity index (χ1n) is 12.3. The summed E-state index contributed by atoms with van der Waals surface area (Å²) in [4.78, 5) is 30.3. The molecule has 4 aliphatic rings. The van der Waals surface area contributed by atoms with Gasteiger partial charge in [0.05, 0.1) is 42.5 Å². The summed E-state index contributed by atoms with van der Waals surface area (Å²) in [6.45, 7) is 1.57. The molecule has 0 aromatic carbocycles. The number of fused-ring (bicyclic) bond motifs is 2. The van der Waals surface area contributed by atoms with E-state index in [-0.39, 0.29) is 48.2 Å². The quantitative estimate of drug-likeness (QED) is 0.538. The summed E-state index contributed by atoms with van der Waals surface area (Å²) >= 11 is 0. The summed E-state index contributed by atoms with van der Waals surface area (Å²) < 4.78 is 11.3. The molecule has 0 bridgehead atoms. The second kappa shape index (κ2) is 10.3. The maximum absolute atomic E-state index is 13.4. The molecule has 4 rings (SSSR count). The fraction of sp³-hybridized carbons (Fsp3) is 0.913. The van der Waals surface area contributed by atoms with E-state index in [1.165, 1.54) is 0 Å². The van der Waals surface area contributed by atoms with Gasteiger partial charge in [-0.15, -0.1) is 0 Å². The summed E-state index contributed by atoms with van der Waals surface area (Å²) in [6.07, 6.45) is 7.53. The van der Waals surface area contributed by atoms with Crippen LogP contribution in [0.15, 0.2) is 0 Å². The fourth-order valence-corrected chi connectivity index (χ4v) is 6.45. The van der Waals surface area contributed by atoms with Crippen LogP contribution in [0.2, 0.25) is 0 Å². The van der Waals surface area contributed by atoms with E-state index < -0.39 is 6.17 Å². The van der Waals surface area contributed by atoms with E-state index in [0.717, 1.165) is 58.0 Å². The molecule has 2 amide bonds. The van der Waals surface area contributed by atoms with Gasteiger partial charge in [0.2, 0.25) is 11.8 Å². The van der Waals surface area contributed by atoms with Crippen molar-refractivity contribution >= 4 is 11.8 Å². The van der Waals surface area contributed by atoms with Crippen LogP contribution in [0.1, 0.15) is 51.4 Å². The Morgan fingerprint density at radius 1 is 1.16 bits per heavy atom. The number of carbonyl (C=O) groups is 2. The number of likely N-dealkylation sites (tertiary alicyclic amines) is 1. The minimum Gasteiger partial charge on any atom is -0.379 e. The number of ether oxygens (including phenoxy) is 2. The van der Waals surface area contributed by atoms with Crippen molar-refractivity contribution in [3.05, 3.63) is 0 Å². The molecular weight excluding hydrogens is 410 g/mol. The predicted octanol–water partition coefficient (Wildman–Crippen LogP) is 0.443. The highest BCUT2D eigenvalue weighted by Crippen LogP contribution is 2.37. The molecule has 3 heterocycles. The molecule has 3 saturated heterocycles. The van der Waals surface area contributed by atoms with E-state index in [1.807, 2.05) is 4.90 Å². The molecule has 3 aliphatic heterocycles.